The van der Waals surface area contributed by atoms with Crippen LogP contribution in [0.4, 0.5) is 5.69 Å². The summed E-state index contributed by atoms with van der Waals surface area (Å²) in [4.78, 5) is 17.1. The van der Waals surface area contributed by atoms with Crippen molar-refractivity contribution < 1.29 is 13.2 Å². The van der Waals surface area contributed by atoms with Crippen molar-refractivity contribution in [2.75, 3.05) is 10.8 Å². The van der Waals surface area contributed by atoms with Crippen LogP contribution in [0.5, 0.6) is 0 Å². The molecule has 0 spiro atoms. The Morgan fingerprint density at radius 1 is 1.03 bits per heavy atom. The quantitative estimate of drug-likeness (QED) is 0.395. The molecule has 0 aliphatic rings. The van der Waals surface area contributed by atoms with Crippen molar-refractivity contribution in [1.29, 1.82) is 0 Å². The maximum absolute atomic E-state index is 13.3. The van der Waals surface area contributed by atoms with Gasteiger partial charge in [-0.2, -0.15) is 0 Å². The topological polar surface area (TPSA) is 84.3 Å². The van der Waals surface area contributed by atoms with Gasteiger partial charge in [-0.1, -0.05) is 48.0 Å². The molecule has 0 bridgehead atoms. The second kappa shape index (κ2) is 10.1. The first-order chi connectivity index (χ1) is 16.3. The zero-order chi connectivity index (χ0) is 24.1. The lowest BCUT2D eigenvalue weighted by molar-refractivity contribution is -0.119. The fraction of sp³-hybridized carbons (Fsp3) is 0.120. The van der Waals surface area contributed by atoms with Crippen molar-refractivity contribution in [1.82, 2.24) is 14.9 Å². The van der Waals surface area contributed by atoms with Gasteiger partial charge in [0.1, 0.15) is 12.4 Å². The lowest BCUT2D eigenvalue weighted by Gasteiger charge is -2.24. The van der Waals surface area contributed by atoms with Crippen LogP contribution < -0.4 is 9.62 Å². The summed E-state index contributed by atoms with van der Waals surface area (Å²) in [6.45, 7) is 1.80. The van der Waals surface area contributed by atoms with Gasteiger partial charge in [0.25, 0.3) is 10.0 Å². The zero-order valence-corrected chi connectivity index (χ0v) is 20.0. The molecule has 7 nitrogen and oxygen atoms in total. The highest BCUT2D eigenvalue weighted by molar-refractivity contribution is 7.92. The first-order valence-corrected chi connectivity index (χ1v) is 12.4. The first kappa shape index (κ1) is 23.5. The van der Waals surface area contributed by atoms with Gasteiger partial charge in [0.2, 0.25) is 5.91 Å². The van der Waals surface area contributed by atoms with Gasteiger partial charge in [0.15, 0.2) is 0 Å². The van der Waals surface area contributed by atoms with Crippen molar-refractivity contribution in [3.8, 4) is 5.69 Å². The molecule has 3 aromatic carbocycles. The zero-order valence-electron chi connectivity index (χ0n) is 18.4. The van der Waals surface area contributed by atoms with Gasteiger partial charge in [0.05, 0.1) is 10.6 Å². The predicted octanol–water partition coefficient (Wildman–Crippen LogP) is 4.35. The summed E-state index contributed by atoms with van der Waals surface area (Å²) in [6.07, 6.45) is 3.61. The number of carbonyl (C=O) groups is 1. The van der Waals surface area contributed by atoms with Crippen LogP contribution in [-0.4, -0.2) is 30.4 Å². The van der Waals surface area contributed by atoms with Crippen molar-refractivity contribution in [2.24, 2.45) is 0 Å². The molecule has 0 aliphatic carbocycles. The molecular weight excluding hydrogens is 472 g/mol. The van der Waals surface area contributed by atoms with Gasteiger partial charge in [-0.05, 0) is 55.0 Å². The van der Waals surface area contributed by atoms with E-state index in [4.69, 9.17) is 11.6 Å². The number of benzene rings is 3. The molecule has 1 N–H and O–H groups in total. The molecule has 34 heavy (non-hydrogen) atoms. The Labute approximate surface area is 203 Å². The third kappa shape index (κ3) is 5.30. The number of aryl methyl sites for hydroxylation is 1. The number of imidazole rings is 1. The molecule has 0 fully saturated rings. The first-order valence-electron chi connectivity index (χ1n) is 10.5. The number of carbonyl (C=O) groups excluding carboxylic acids is 1. The van der Waals surface area contributed by atoms with Gasteiger partial charge >= 0.3 is 0 Å². The van der Waals surface area contributed by atoms with E-state index in [9.17, 15) is 13.2 Å². The predicted molar refractivity (Wildman–Crippen MR) is 133 cm³/mol. The molecule has 1 heterocycles. The molecule has 0 aliphatic heterocycles. The monoisotopic (exact) mass is 494 g/mol. The van der Waals surface area contributed by atoms with Crippen molar-refractivity contribution >= 4 is 33.2 Å². The van der Waals surface area contributed by atoms with E-state index >= 15 is 0 Å². The number of hydrogen-bond donors (Lipinski definition) is 1. The van der Waals surface area contributed by atoms with Crippen LogP contribution in [0.2, 0.25) is 5.02 Å². The number of amides is 1. The van der Waals surface area contributed by atoms with Crippen molar-refractivity contribution in [2.45, 2.75) is 18.4 Å². The fourth-order valence-electron chi connectivity index (χ4n) is 3.48. The van der Waals surface area contributed by atoms with E-state index in [1.807, 2.05) is 42.0 Å². The molecule has 1 aromatic heterocycles. The number of halogens is 1. The van der Waals surface area contributed by atoms with Crippen LogP contribution in [0.15, 0.2) is 96.2 Å². The summed E-state index contributed by atoms with van der Waals surface area (Å²) in [5.74, 6) is 0.441. The van der Waals surface area contributed by atoms with Crippen LogP contribution in [0, 0.1) is 6.92 Å². The van der Waals surface area contributed by atoms with Crippen LogP contribution >= 0.6 is 11.6 Å². The summed E-state index contributed by atoms with van der Waals surface area (Å²) in [5, 5.41) is 3.18. The van der Waals surface area contributed by atoms with Gasteiger partial charge < -0.3 is 9.88 Å². The molecule has 174 valence electrons. The Morgan fingerprint density at radius 3 is 2.41 bits per heavy atom. The molecule has 0 radical (unpaired) electrons. The molecular formula is C25H23ClN4O3S. The van der Waals surface area contributed by atoms with Crippen LogP contribution in [0.25, 0.3) is 5.69 Å². The molecule has 4 rings (SSSR count). The van der Waals surface area contributed by atoms with E-state index in [2.05, 4.69) is 10.3 Å². The second-order valence-electron chi connectivity index (χ2n) is 7.59. The molecule has 1 amide bonds. The maximum atomic E-state index is 13.3. The summed E-state index contributed by atoms with van der Waals surface area (Å²) in [7, 11) is -3.98. The highest BCUT2D eigenvalue weighted by Crippen LogP contribution is 2.26. The Hall–Kier alpha value is -3.62. The molecule has 0 saturated heterocycles. The minimum Gasteiger partial charge on any atom is -0.350 e. The number of aromatic nitrogens is 2. The Bertz CT molecular complexity index is 1390. The minimum atomic E-state index is -3.98. The third-order valence-corrected chi connectivity index (χ3v) is 7.27. The largest absolute Gasteiger partial charge is 0.350 e. The van der Waals surface area contributed by atoms with E-state index < -0.39 is 15.9 Å². The van der Waals surface area contributed by atoms with E-state index in [-0.39, 0.29) is 18.0 Å². The third-order valence-electron chi connectivity index (χ3n) is 5.24. The Morgan fingerprint density at radius 2 is 1.76 bits per heavy atom. The van der Waals surface area contributed by atoms with Crippen LogP contribution in [0.1, 0.15) is 11.4 Å². The summed E-state index contributed by atoms with van der Waals surface area (Å²) < 4.78 is 29.7. The SMILES string of the molecule is Cc1nccn1-c1ccc(CNC(=O)CN(c2cccc(Cl)c2)S(=O)(=O)c2ccccc2)cc1. The normalized spacial score (nSPS) is 11.2. The highest BCUT2D eigenvalue weighted by atomic mass is 35.5. The van der Waals surface area contributed by atoms with Crippen LogP contribution in [-0.2, 0) is 21.4 Å². The molecule has 0 unspecified atom stereocenters. The van der Waals surface area contributed by atoms with E-state index in [1.165, 1.54) is 18.2 Å². The van der Waals surface area contributed by atoms with E-state index in [1.54, 1.807) is 42.6 Å². The number of anilines is 1. The fourth-order valence-corrected chi connectivity index (χ4v) is 5.10. The summed E-state index contributed by atoms with van der Waals surface area (Å²) >= 11 is 6.09. The molecule has 4 aromatic rings. The lowest BCUT2D eigenvalue weighted by atomic mass is 10.2. The average Bonchev–Trinajstić information content (AvgIpc) is 3.27. The van der Waals surface area contributed by atoms with Crippen molar-refractivity contribution in [3.05, 3.63) is 108 Å². The Balaban J connectivity index is 1.49. The average molecular weight is 495 g/mol. The highest BCUT2D eigenvalue weighted by Gasteiger charge is 2.27. The number of rotatable bonds is 8. The molecule has 9 heteroatoms. The maximum Gasteiger partial charge on any atom is 0.264 e. The smallest absolute Gasteiger partial charge is 0.264 e. The van der Waals surface area contributed by atoms with Gasteiger partial charge in [-0.25, -0.2) is 13.4 Å². The number of nitrogens with one attached hydrogen (secondary N) is 1. The second-order valence-corrected chi connectivity index (χ2v) is 9.89. The lowest BCUT2D eigenvalue weighted by Crippen LogP contribution is -2.40. The van der Waals surface area contributed by atoms with Gasteiger partial charge in [-0.3, -0.25) is 9.10 Å². The van der Waals surface area contributed by atoms with E-state index in [0.29, 0.717) is 10.7 Å². The number of sulfonamides is 1. The molecule has 0 saturated carbocycles. The van der Waals surface area contributed by atoms with E-state index in [0.717, 1.165) is 21.4 Å². The summed E-state index contributed by atoms with van der Waals surface area (Å²) in [6, 6.07) is 22.1. The minimum absolute atomic E-state index is 0.0909. The van der Waals surface area contributed by atoms with Crippen molar-refractivity contribution in [3.63, 3.8) is 0 Å². The number of nitrogens with zero attached hydrogens (tertiary/aromatic N) is 3. The molecule has 0 atom stereocenters. The Kier molecular flexibility index (Phi) is 7.00. The standard InChI is InChI=1S/C25H23ClN4O3S/c1-19-27-14-15-29(19)22-12-10-20(11-13-22)17-28-25(31)18-30(23-7-5-6-21(26)16-23)34(32,33)24-8-3-2-4-9-24/h2-16H,17-18H2,1H3,(H,28,31). The van der Waals surface area contributed by atoms with Crippen LogP contribution in [0.3, 0.4) is 0 Å². The van der Waals surface area contributed by atoms with Gasteiger partial charge in [0, 0.05) is 29.6 Å². The summed E-state index contributed by atoms with van der Waals surface area (Å²) in [5.41, 5.74) is 2.16. The number of hydrogen-bond acceptors (Lipinski definition) is 4. The van der Waals surface area contributed by atoms with Gasteiger partial charge in [-0.15, -0.1) is 0 Å².